The van der Waals surface area contributed by atoms with Crippen molar-refractivity contribution in [2.75, 3.05) is 0 Å². The molecule has 0 atom stereocenters. The zero-order valence-corrected chi connectivity index (χ0v) is 33.3. The molecule has 0 spiro atoms. The number of ether oxygens (including phenoxy) is 3. The number of halogens is 2. The summed E-state index contributed by atoms with van der Waals surface area (Å²) in [4.78, 5) is 3.32. The molecule has 3 aliphatic heterocycles. The third-order valence-corrected chi connectivity index (χ3v) is 9.44. The largest absolute Gasteiger partial charge is 1.00 e. The molecule has 302 valence electrons. The van der Waals surface area contributed by atoms with Crippen LogP contribution >= 0.6 is 0 Å². The summed E-state index contributed by atoms with van der Waals surface area (Å²) >= 11 is 0. The predicted octanol–water partition coefficient (Wildman–Crippen LogP) is -2.62. The molecule has 9 N–H and O–H groups in total. The van der Waals surface area contributed by atoms with Crippen LogP contribution in [0.4, 0.5) is 5.69 Å². The van der Waals surface area contributed by atoms with Gasteiger partial charge in [-0.3, -0.25) is 0 Å². The van der Waals surface area contributed by atoms with E-state index in [1.54, 1.807) is 30.3 Å². The quantitative estimate of drug-likeness (QED) is 0.0813. The first-order valence-electron chi connectivity index (χ1n) is 18.3. The number of hydrogen-bond acceptors (Lipinski definition) is 9. The van der Waals surface area contributed by atoms with E-state index in [4.69, 9.17) is 34.7 Å². The third-order valence-electron chi connectivity index (χ3n) is 9.44. The van der Waals surface area contributed by atoms with Crippen LogP contribution in [0.1, 0.15) is 29.2 Å². The summed E-state index contributed by atoms with van der Waals surface area (Å²) in [5.74, 6) is 4.23. The summed E-state index contributed by atoms with van der Waals surface area (Å²) in [5.41, 5.74) is 15.9. The lowest BCUT2D eigenvalue weighted by Gasteiger charge is -2.07. The molecule has 0 bridgehead atoms. The molecule has 9 rings (SSSR count). The van der Waals surface area contributed by atoms with E-state index in [2.05, 4.69) is 16.3 Å². The monoisotopic (exact) mass is 835 g/mol. The van der Waals surface area contributed by atoms with Gasteiger partial charge in [0.15, 0.2) is 5.69 Å². The van der Waals surface area contributed by atoms with Crippen LogP contribution in [0.5, 0.6) is 34.5 Å². The van der Waals surface area contributed by atoms with Crippen molar-refractivity contribution in [1.82, 2.24) is 0 Å². The summed E-state index contributed by atoms with van der Waals surface area (Å²) < 4.78 is 32.6. The van der Waals surface area contributed by atoms with Crippen molar-refractivity contribution in [2.24, 2.45) is 0 Å². The van der Waals surface area contributed by atoms with Crippen molar-refractivity contribution in [3.8, 4) is 34.5 Å². The number of nitrogens with zero attached hydrogens (tertiary/aromatic N) is 1. The van der Waals surface area contributed by atoms with E-state index >= 15 is 0 Å². The van der Waals surface area contributed by atoms with Crippen LogP contribution in [0.3, 0.4) is 0 Å². The Bertz CT molecular complexity index is 2260. The van der Waals surface area contributed by atoms with Crippen molar-refractivity contribution in [2.45, 2.75) is 32.9 Å². The van der Waals surface area contributed by atoms with Crippen molar-refractivity contribution in [3.63, 3.8) is 0 Å². The Morgan fingerprint density at radius 1 is 0.492 bits per heavy atom. The van der Waals surface area contributed by atoms with E-state index in [9.17, 15) is 15.1 Å². The lowest BCUT2D eigenvalue weighted by atomic mass is 9.79. The molecule has 0 aromatic heterocycles. The molecule has 6 aromatic carbocycles. The number of rotatable bonds is 8. The first kappa shape index (κ1) is 44.8. The molecule has 17 heteroatoms. The molecule has 0 fully saturated rings. The highest BCUT2D eigenvalue weighted by Gasteiger charge is 2.29. The lowest BCUT2D eigenvalue weighted by molar-refractivity contribution is -0.386. The fraction of sp³-hybridized carbons (Fsp3) is 0.119. The molecule has 0 unspecified atom stereocenters. The fourth-order valence-corrected chi connectivity index (χ4v) is 6.21. The van der Waals surface area contributed by atoms with Gasteiger partial charge in [0, 0.05) is 12.6 Å². The summed E-state index contributed by atoms with van der Waals surface area (Å²) in [7, 11) is -2.55. The van der Waals surface area contributed by atoms with Gasteiger partial charge in [-0.25, -0.2) is 4.85 Å². The Morgan fingerprint density at radius 2 is 0.780 bits per heavy atom. The third kappa shape index (κ3) is 11.4. The molecule has 0 aliphatic carbocycles. The average Bonchev–Trinajstić information content (AvgIpc) is 3.94. The van der Waals surface area contributed by atoms with Gasteiger partial charge in [0.1, 0.15) is 34.5 Å². The van der Waals surface area contributed by atoms with Gasteiger partial charge in [0.2, 0.25) is 0 Å². The van der Waals surface area contributed by atoms with E-state index in [1.165, 1.54) is 11.1 Å². The molecule has 0 amide bonds. The van der Waals surface area contributed by atoms with Gasteiger partial charge in [-0.05, 0) is 130 Å². The molecular formula is C42H42B3Cl2N3O9. The number of quaternary nitrogens is 2. The van der Waals surface area contributed by atoms with Crippen LogP contribution in [0.25, 0.3) is 4.85 Å². The van der Waals surface area contributed by atoms with Gasteiger partial charge >= 0.3 is 21.4 Å². The van der Waals surface area contributed by atoms with E-state index in [-0.39, 0.29) is 26.2 Å². The highest BCUT2D eigenvalue weighted by Crippen LogP contribution is 2.27. The normalized spacial score (nSPS) is 12.8. The summed E-state index contributed by atoms with van der Waals surface area (Å²) in [5, 5.41) is 28.9. The first-order chi connectivity index (χ1) is 27.8. The van der Waals surface area contributed by atoms with Gasteiger partial charge in [-0.2, -0.15) is 0 Å². The molecule has 12 nitrogen and oxygen atoms in total. The van der Waals surface area contributed by atoms with Crippen LogP contribution < -0.4 is 66.9 Å². The molecule has 0 saturated carbocycles. The lowest BCUT2D eigenvalue weighted by Crippen LogP contribution is -3.00. The molecule has 0 saturated heterocycles. The Labute approximate surface area is 357 Å². The highest BCUT2D eigenvalue weighted by atomic mass is 35.5. The van der Waals surface area contributed by atoms with Crippen LogP contribution in [-0.4, -0.2) is 36.4 Å². The van der Waals surface area contributed by atoms with Gasteiger partial charge in [-0.15, -0.1) is 0 Å². The summed E-state index contributed by atoms with van der Waals surface area (Å²) in [6.45, 7) is 9.75. The fourth-order valence-electron chi connectivity index (χ4n) is 6.21. The maximum Gasteiger partial charge on any atom is 0.491 e. The highest BCUT2D eigenvalue weighted by molar-refractivity contribution is 6.62. The van der Waals surface area contributed by atoms with Crippen molar-refractivity contribution in [3.05, 3.63) is 167 Å². The second-order valence-electron chi connectivity index (χ2n) is 13.3. The molecular weight excluding hydrogens is 794 g/mol. The smallest absolute Gasteiger partial charge is 0.491 e. The maximum absolute atomic E-state index is 9.66. The topological polar surface area (TPSA) is 176 Å². The van der Waals surface area contributed by atoms with Crippen LogP contribution in [0, 0.1) is 6.57 Å². The number of benzene rings is 6. The van der Waals surface area contributed by atoms with Crippen molar-refractivity contribution >= 4 is 43.4 Å². The summed E-state index contributed by atoms with van der Waals surface area (Å²) in [6, 6.07) is 39.3. The molecule has 3 heterocycles. The Hall–Kier alpha value is -5.34. The second-order valence-corrected chi connectivity index (χ2v) is 13.3. The van der Waals surface area contributed by atoms with E-state index in [0.29, 0.717) is 48.5 Å². The van der Waals surface area contributed by atoms with Crippen LogP contribution in [-0.2, 0) is 46.9 Å². The first-order valence-corrected chi connectivity index (χ1v) is 18.3. The predicted molar refractivity (Wildman–Crippen MR) is 218 cm³/mol. The van der Waals surface area contributed by atoms with Crippen molar-refractivity contribution < 1.29 is 81.0 Å². The minimum absolute atomic E-state index is 0. The minimum Gasteiger partial charge on any atom is -1.00 e. The van der Waals surface area contributed by atoms with E-state index < -0.39 is 21.4 Å². The van der Waals surface area contributed by atoms with Crippen LogP contribution in [0.15, 0.2) is 127 Å². The Morgan fingerprint density at radius 3 is 1.07 bits per heavy atom. The van der Waals surface area contributed by atoms with Crippen LogP contribution in [0.2, 0.25) is 0 Å². The molecule has 59 heavy (non-hydrogen) atoms. The zero-order chi connectivity index (χ0) is 39.7. The number of hydrogen-bond donors (Lipinski definition) is 5. The van der Waals surface area contributed by atoms with Gasteiger partial charge < -0.3 is 79.5 Å². The Kier molecular flexibility index (Phi) is 16.0. The molecule has 6 aromatic rings. The van der Waals surface area contributed by atoms with Gasteiger partial charge in [0.05, 0.1) is 39.5 Å². The standard InChI is InChI=1S/C14H10BNO3.2C14H14BNO3.2ClH.H2/c1-16-11-3-6-12(7-4-11)19-13-5-2-10-9-18-15(17)14(10)8-13;2*16-8-10-1-4-12(5-2-10)19-13-6-3-11-9-18-15(17)14(11)7-13;;;/h2-8,17H,9H2;2*1-7,17H,8-9,16H2;3*1H. The minimum atomic E-state index is -0.872. The van der Waals surface area contributed by atoms with Crippen molar-refractivity contribution in [1.29, 1.82) is 0 Å². The summed E-state index contributed by atoms with van der Waals surface area (Å²) in [6.07, 6.45) is 0. The average molecular weight is 836 g/mol. The molecule has 0 radical (unpaired) electrons. The SMILES string of the molecule is [C-]#[N+]c1ccc(Oc2ccc3c(c2)B(O)OC3)cc1.[Cl-].[Cl-].[HH].[NH3+]Cc1ccc(Oc2ccc3c(c2)B(O)OC3)cc1.[NH3+]Cc1ccc(Oc2ccc3c(c2)B(O)OC3)cc1. The van der Waals surface area contributed by atoms with E-state index in [1.807, 2.05) is 97.1 Å². The molecule has 3 aliphatic rings. The maximum atomic E-state index is 9.66. The number of fused-ring (bicyclic) bond motifs is 3. The van der Waals surface area contributed by atoms with E-state index in [0.717, 1.165) is 57.7 Å². The zero-order valence-electron chi connectivity index (χ0n) is 31.8. The Balaban J connectivity index is 0.000000194. The second kappa shape index (κ2) is 21.1. The van der Waals surface area contributed by atoms with Gasteiger partial charge in [0.25, 0.3) is 0 Å². The van der Waals surface area contributed by atoms with Gasteiger partial charge in [-0.1, -0.05) is 30.3 Å².